The van der Waals surface area contributed by atoms with E-state index in [4.69, 9.17) is 4.74 Å². The van der Waals surface area contributed by atoms with E-state index in [1.54, 1.807) is 0 Å². The summed E-state index contributed by atoms with van der Waals surface area (Å²) in [7, 11) is 0. The molecular weight excluding hydrogens is 250 g/mol. The molecule has 2 aromatic carbocycles. The fourth-order valence-electron chi connectivity index (χ4n) is 1.79. The van der Waals surface area contributed by atoms with Gasteiger partial charge >= 0.3 is 0 Å². The molecule has 0 aliphatic carbocycles. The average Bonchev–Trinajstić information content (AvgIpc) is 2.46. The van der Waals surface area contributed by atoms with Crippen LogP contribution in [0.3, 0.4) is 0 Å². The Morgan fingerprint density at radius 3 is 2.60 bits per heavy atom. The second-order valence-electron chi connectivity index (χ2n) is 4.70. The maximum absolute atomic E-state index is 12.1. The van der Waals surface area contributed by atoms with Gasteiger partial charge in [-0.3, -0.25) is 4.79 Å². The summed E-state index contributed by atoms with van der Waals surface area (Å²) in [6.07, 6.45) is 0.958. The number of amides is 1. The summed E-state index contributed by atoms with van der Waals surface area (Å²) in [5.74, 6) is 0.659. The zero-order valence-electron chi connectivity index (χ0n) is 11.8. The molecule has 0 heterocycles. The molecule has 0 saturated heterocycles. The Hall–Kier alpha value is -2.29. The van der Waals surface area contributed by atoms with E-state index in [0.717, 1.165) is 23.4 Å². The van der Waals surface area contributed by atoms with Gasteiger partial charge in [0.2, 0.25) is 0 Å². The van der Waals surface area contributed by atoms with Crippen molar-refractivity contribution in [2.75, 3.05) is 11.9 Å². The van der Waals surface area contributed by atoms with E-state index in [1.807, 2.05) is 55.5 Å². The minimum absolute atomic E-state index is 0.113. The van der Waals surface area contributed by atoms with Gasteiger partial charge in [-0.2, -0.15) is 0 Å². The lowest BCUT2D eigenvalue weighted by Gasteiger charge is -2.08. The van der Waals surface area contributed by atoms with Gasteiger partial charge in [-0.05, 0) is 37.6 Å². The van der Waals surface area contributed by atoms with Gasteiger partial charge < -0.3 is 10.1 Å². The van der Waals surface area contributed by atoms with Crippen LogP contribution in [0.15, 0.2) is 48.5 Å². The van der Waals surface area contributed by atoms with Crippen molar-refractivity contribution in [3.05, 3.63) is 59.7 Å². The summed E-state index contributed by atoms with van der Waals surface area (Å²) in [6, 6.07) is 14.9. The lowest BCUT2D eigenvalue weighted by molar-refractivity contribution is 0.102. The van der Waals surface area contributed by atoms with Gasteiger partial charge in [0, 0.05) is 17.3 Å². The van der Waals surface area contributed by atoms with E-state index >= 15 is 0 Å². The molecule has 0 aromatic heterocycles. The monoisotopic (exact) mass is 269 g/mol. The summed E-state index contributed by atoms with van der Waals surface area (Å²) in [5.41, 5.74) is 2.52. The maximum atomic E-state index is 12.1. The zero-order valence-corrected chi connectivity index (χ0v) is 11.8. The molecule has 0 saturated carbocycles. The quantitative estimate of drug-likeness (QED) is 0.889. The van der Waals surface area contributed by atoms with Crippen molar-refractivity contribution < 1.29 is 9.53 Å². The molecule has 0 spiro atoms. The second-order valence-corrected chi connectivity index (χ2v) is 4.70. The fourth-order valence-corrected chi connectivity index (χ4v) is 1.79. The summed E-state index contributed by atoms with van der Waals surface area (Å²) in [4.78, 5) is 12.1. The molecule has 3 heteroatoms. The number of nitrogens with one attached hydrogen (secondary N) is 1. The van der Waals surface area contributed by atoms with Crippen molar-refractivity contribution in [1.82, 2.24) is 0 Å². The molecule has 1 N–H and O–H groups in total. The van der Waals surface area contributed by atoms with Crippen molar-refractivity contribution in [3.63, 3.8) is 0 Å². The normalized spacial score (nSPS) is 10.1. The van der Waals surface area contributed by atoms with Crippen LogP contribution in [-0.2, 0) is 0 Å². The average molecular weight is 269 g/mol. The number of hydrogen-bond donors (Lipinski definition) is 1. The van der Waals surface area contributed by atoms with Crippen LogP contribution in [0, 0.1) is 6.92 Å². The van der Waals surface area contributed by atoms with Gasteiger partial charge in [-0.1, -0.05) is 30.7 Å². The minimum Gasteiger partial charge on any atom is -0.494 e. The maximum Gasteiger partial charge on any atom is 0.255 e. The van der Waals surface area contributed by atoms with Crippen molar-refractivity contribution >= 4 is 11.6 Å². The number of rotatable bonds is 5. The van der Waals surface area contributed by atoms with Gasteiger partial charge in [0.15, 0.2) is 0 Å². The minimum atomic E-state index is -0.113. The number of carbonyl (C=O) groups excluding carboxylic acids is 1. The SMILES string of the molecule is CCCOc1cccc(NC(=O)c2ccc(C)cc2)c1. The molecule has 2 aromatic rings. The lowest BCUT2D eigenvalue weighted by Crippen LogP contribution is -2.11. The first-order valence-electron chi connectivity index (χ1n) is 6.80. The van der Waals surface area contributed by atoms with Gasteiger partial charge in [-0.25, -0.2) is 0 Å². The Morgan fingerprint density at radius 1 is 1.15 bits per heavy atom. The molecule has 1 amide bonds. The third-order valence-electron chi connectivity index (χ3n) is 2.88. The topological polar surface area (TPSA) is 38.3 Å². The smallest absolute Gasteiger partial charge is 0.255 e. The predicted molar refractivity (Wildman–Crippen MR) is 81.4 cm³/mol. The van der Waals surface area contributed by atoms with Gasteiger partial charge in [0.05, 0.1) is 6.61 Å². The van der Waals surface area contributed by atoms with Crippen molar-refractivity contribution in [2.45, 2.75) is 20.3 Å². The van der Waals surface area contributed by atoms with E-state index in [2.05, 4.69) is 12.2 Å². The lowest BCUT2D eigenvalue weighted by atomic mass is 10.1. The summed E-state index contributed by atoms with van der Waals surface area (Å²) >= 11 is 0. The number of aryl methyl sites for hydroxylation is 1. The van der Waals surface area contributed by atoms with Crippen LogP contribution in [-0.4, -0.2) is 12.5 Å². The van der Waals surface area contributed by atoms with Crippen LogP contribution >= 0.6 is 0 Å². The van der Waals surface area contributed by atoms with Crippen molar-refractivity contribution in [1.29, 1.82) is 0 Å². The first-order chi connectivity index (χ1) is 9.69. The molecule has 0 aliphatic rings. The number of ether oxygens (including phenoxy) is 1. The molecule has 0 bridgehead atoms. The third-order valence-corrected chi connectivity index (χ3v) is 2.88. The molecule has 0 atom stereocenters. The van der Waals surface area contributed by atoms with E-state index in [1.165, 1.54) is 0 Å². The highest BCUT2D eigenvalue weighted by molar-refractivity contribution is 6.04. The first-order valence-corrected chi connectivity index (χ1v) is 6.80. The summed E-state index contributed by atoms with van der Waals surface area (Å²) in [6.45, 7) is 4.73. The van der Waals surface area contributed by atoms with Gasteiger partial charge in [0.1, 0.15) is 5.75 Å². The molecule has 3 nitrogen and oxygen atoms in total. The number of benzene rings is 2. The molecular formula is C17H19NO2. The molecule has 0 aliphatic heterocycles. The van der Waals surface area contributed by atoms with Crippen molar-refractivity contribution in [2.24, 2.45) is 0 Å². The van der Waals surface area contributed by atoms with Crippen LogP contribution in [0.5, 0.6) is 5.75 Å². The molecule has 104 valence electrons. The Bertz CT molecular complexity index is 576. The van der Waals surface area contributed by atoms with Crippen LogP contribution in [0.2, 0.25) is 0 Å². The Labute approximate surface area is 119 Å². The zero-order chi connectivity index (χ0) is 14.4. The van der Waals surface area contributed by atoms with Gasteiger partial charge in [0.25, 0.3) is 5.91 Å². The summed E-state index contributed by atoms with van der Waals surface area (Å²) in [5, 5.41) is 2.88. The Balaban J connectivity index is 2.05. The number of anilines is 1. The molecule has 20 heavy (non-hydrogen) atoms. The van der Waals surface area contributed by atoms with E-state index in [9.17, 15) is 4.79 Å². The number of carbonyl (C=O) groups is 1. The molecule has 0 unspecified atom stereocenters. The van der Waals surface area contributed by atoms with Crippen LogP contribution < -0.4 is 10.1 Å². The Morgan fingerprint density at radius 2 is 1.90 bits per heavy atom. The number of hydrogen-bond acceptors (Lipinski definition) is 2. The highest BCUT2D eigenvalue weighted by Gasteiger charge is 2.06. The molecule has 0 radical (unpaired) electrons. The molecule has 2 rings (SSSR count). The predicted octanol–water partition coefficient (Wildman–Crippen LogP) is 4.04. The van der Waals surface area contributed by atoms with E-state index < -0.39 is 0 Å². The van der Waals surface area contributed by atoms with E-state index in [0.29, 0.717) is 12.2 Å². The van der Waals surface area contributed by atoms with E-state index in [-0.39, 0.29) is 5.91 Å². The Kier molecular flexibility index (Phi) is 4.77. The fraction of sp³-hybridized carbons (Fsp3) is 0.235. The van der Waals surface area contributed by atoms with Crippen molar-refractivity contribution in [3.8, 4) is 5.75 Å². The third kappa shape index (κ3) is 3.85. The summed E-state index contributed by atoms with van der Waals surface area (Å²) < 4.78 is 5.55. The highest BCUT2D eigenvalue weighted by atomic mass is 16.5. The van der Waals surface area contributed by atoms with Crippen LogP contribution in [0.1, 0.15) is 29.3 Å². The van der Waals surface area contributed by atoms with Crippen LogP contribution in [0.4, 0.5) is 5.69 Å². The van der Waals surface area contributed by atoms with Crippen LogP contribution in [0.25, 0.3) is 0 Å². The largest absolute Gasteiger partial charge is 0.494 e. The molecule has 0 fully saturated rings. The first kappa shape index (κ1) is 14.1. The second kappa shape index (κ2) is 6.75. The van der Waals surface area contributed by atoms with Gasteiger partial charge in [-0.15, -0.1) is 0 Å². The standard InChI is InChI=1S/C17H19NO2/c1-3-11-20-16-6-4-5-15(12-16)18-17(19)14-9-7-13(2)8-10-14/h4-10,12H,3,11H2,1-2H3,(H,18,19). The highest BCUT2D eigenvalue weighted by Crippen LogP contribution is 2.18.